The molecule has 9 amide bonds. The number of carbonyl (C=O) groups is 10. The third kappa shape index (κ3) is 14.0. The van der Waals surface area contributed by atoms with Gasteiger partial charge in [0.05, 0.1) is 12.0 Å². The summed E-state index contributed by atoms with van der Waals surface area (Å²) in [7, 11) is 6.19. The summed E-state index contributed by atoms with van der Waals surface area (Å²) >= 11 is -1.37. The van der Waals surface area contributed by atoms with Crippen LogP contribution in [0.3, 0.4) is 0 Å². The number of amides is 9. The van der Waals surface area contributed by atoms with Crippen LogP contribution in [0.1, 0.15) is 90.1 Å². The fraction of sp³-hybridized carbons (Fsp3) is 0.519. The van der Waals surface area contributed by atoms with Gasteiger partial charge >= 0.3 is 333 Å². The average molecular weight is 1150 g/mol. The number of halogens is 1. The third-order valence-corrected chi connectivity index (χ3v) is 18.3. The molecular weight excluding hydrogens is 1080 g/mol. The van der Waals surface area contributed by atoms with Gasteiger partial charge in [-0.2, -0.15) is 0 Å². The van der Waals surface area contributed by atoms with Gasteiger partial charge in [-0.05, 0) is 18.4 Å². The number of carbonyl (C=O) groups excluding carboxylic acids is 9. The molecule has 0 spiro atoms. The van der Waals surface area contributed by atoms with Crippen LogP contribution < -0.4 is 45.0 Å². The molecule has 0 bridgehead atoms. The zero-order valence-electron chi connectivity index (χ0n) is 44.5. The van der Waals surface area contributed by atoms with Crippen LogP contribution in [0.5, 0.6) is 0 Å². The minimum atomic E-state index is -1.37. The van der Waals surface area contributed by atoms with Crippen molar-refractivity contribution in [2.45, 2.75) is 121 Å². The first kappa shape index (κ1) is 59.7. The molecule has 408 valence electrons. The van der Waals surface area contributed by atoms with E-state index in [0.717, 1.165) is 39.7 Å². The molecule has 0 saturated carbocycles. The van der Waals surface area contributed by atoms with E-state index in [2.05, 4.69) is 10.6 Å². The maximum absolute atomic E-state index is 14.8. The second-order valence-electron chi connectivity index (χ2n) is 19.9. The predicted octanol–water partition coefficient (Wildman–Crippen LogP) is -0.898. The van der Waals surface area contributed by atoms with E-state index in [1.54, 1.807) is 55.1 Å². The molecule has 2 aromatic rings. The van der Waals surface area contributed by atoms with Crippen molar-refractivity contribution in [3.05, 3.63) is 84.0 Å². The van der Waals surface area contributed by atoms with Gasteiger partial charge in [0.1, 0.15) is 6.04 Å². The van der Waals surface area contributed by atoms with Gasteiger partial charge < -0.3 is 15.2 Å². The zero-order valence-corrected chi connectivity index (χ0v) is 46.7. The normalized spacial score (nSPS) is 19.3. The molecule has 3 aliphatic rings. The zero-order chi connectivity index (χ0) is 55.6. The number of likely N-dealkylation sites (N-methyl/N-ethyl adjacent to an activating group) is 1. The number of rotatable bonds is 25. The molecule has 2 aromatic carbocycles. The number of carboxylic acid groups (broad SMARTS) is 1. The number of imide groups is 2. The quantitative estimate of drug-likeness (QED) is 0.0408. The van der Waals surface area contributed by atoms with Gasteiger partial charge in [-0.15, -0.1) is 0 Å². The van der Waals surface area contributed by atoms with Crippen molar-refractivity contribution in [3.63, 3.8) is 0 Å². The van der Waals surface area contributed by atoms with Crippen molar-refractivity contribution in [2.24, 2.45) is 23.7 Å². The average Bonchev–Trinajstić information content (AvgIpc) is 4.10. The molecule has 1 saturated heterocycles. The van der Waals surface area contributed by atoms with Crippen molar-refractivity contribution < 1.29 is 87.1 Å². The van der Waals surface area contributed by atoms with Crippen LogP contribution in [0.25, 0.3) is 0 Å². The molecule has 3 heterocycles. The van der Waals surface area contributed by atoms with Crippen molar-refractivity contribution in [1.29, 1.82) is 0 Å². The fourth-order valence-electron chi connectivity index (χ4n) is 9.84. The van der Waals surface area contributed by atoms with Crippen LogP contribution in [0, 0.1) is 23.7 Å². The van der Waals surface area contributed by atoms with Crippen molar-refractivity contribution >= 4 is 70.5 Å². The van der Waals surface area contributed by atoms with Crippen molar-refractivity contribution in [2.75, 3.05) is 44.7 Å². The topological polar surface area (TPSA) is 251 Å². The first-order valence-corrected chi connectivity index (χ1v) is 27.6. The van der Waals surface area contributed by atoms with Gasteiger partial charge in [-0.25, -0.2) is 4.79 Å². The number of aliphatic carboxylic acids is 1. The molecule has 10 atom stereocenters. The summed E-state index contributed by atoms with van der Waals surface area (Å²) in [5.41, 5.74) is 0.621. The van der Waals surface area contributed by atoms with Crippen LogP contribution in [-0.4, -0.2) is 149 Å². The Hall–Kier alpha value is -6.17. The molecule has 4 N–H and O–H groups in total. The summed E-state index contributed by atoms with van der Waals surface area (Å²) in [6.07, 6.45) is 4.41. The van der Waals surface area contributed by atoms with Crippen LogP contribution in [0.2, 0.25) is 0 Å². The summed E-state index contributed by atoms with van der Waals surface area (Å²) < 4.78 is 11.6. The van der Waals surface area contributed by atoms with E-state index in [1.807, 2.05) is 47.6 Å². The van der Waals surface area contributed by atoms with Gasteiger partial charge in [-0.1, -0.05) is 37.3 Å². The molecule has 3 aliphatic heterocycles. The number of hydrogen-bond acceptors (Lipinski definition) is 12. The van der Waals surface area contributed by atoms with E-state index in [9.17, 15) is 53.1 Å². The first-order chi connectivity index (χ1) is 35.5. The van der Waals surface area contributed by atoms with Gasteiger partial charge in [0, 0.05) is 13.5 Å². The molecule has 0 radical (unpaired) electrons. The van der Waals surface area contributed by atoms with Gasteiger partial charge in [0.25, 0.3) is 0 Å². The number of nitrogens with zero attached hydrogens (tertiary/aromatic N) is 4. The molecule has 5 rings (SSSR count). The summed E-state index contributed by atoms with van der Waals surface area (Å²) in [4.78, 5) is 139. The van der Waals surface area contributed by atoms with E-state index in [-0.39, 0.29) is 47.5 Å². The first-order valence-electron chi connectivity index (χ1n) is 25.2. The number of quaternary nitrogens is 1. The standard InChI is InChI=1S/C54H72IN7O13/c1-12-32(6)48(40(74-10)29-45(67)60-26-16-19-38(60)49(75-11)33(7)50(68)56-36(54(72)73)27-34-17-14-13-15-18-34)58(8)53(71)47(31(4)5)57-51(69)46(30(2)3)55-59(9)52(70)35-20-21-37(61-41(63)22-23-42(61)64)39(28-35)62-43(65)24-25-44(62)66/h13-15,17-18,20-25,28,30-33,36,38,40,46-49,59H,12,16,19,26-27,29H2,1-11H3,(H,56,68)(H,57,69)(H,72,73)/t32-,33+,36?,38-,40+,46?,47-,48-,49+/m0/s1. The number of anilines is 2. The Labute approximate surface area is 449 Å². The van der Waals surface area contributed by atoms with E-state index >= 15 is 0 Å². The number of methoxy groups -OCH3 is 2. The Morgan fingerprint density at radius 3 is 1.91 bits per heavy atom. The van der Waals surface area contributed by atoms with Crippen LogP contribution in [0.15, 0.2) is 72.8 Å². The Morgan fingerprint density at radius 2 is 1.39 bits per heavy atom. The summed E-state index contributed by atoms with van der Waals surface area (Å²) in [6.45, 7) is 13.3. The van der Waals surface area contributed by atoms with Crippen LogP contribution >= 0.6 is 0 Å². The molecule has 0 aromatic heterocycles. The fourth-order valence-corrected chi connectivity index (χ4v) is 12.6. The SMILES string of the molecule is CC[C@H](C)[C@@H]([C@@H](CC(=O)N1CCC[C@H]1[C@H](OC)[C@@H](C)C(=O)NC(Cc1ccccc1)C(=O)O)OC)N(C)C(=O)[C@@H](NC(=O)C([I-][NH+](C)C(=O)c1ccc(N2C(=O)C=CC2=O)c(N2C(=O)C=CC2=O)c1)C(C)C)C(C)C. The Morgan fingerprint density at radius 1 is 0.800 bits per heavy atom. The molecule has 3 unspecified atom stereocenters. The minimum absolute atomic E-state index is 0.0598. The Balaban J connectivity index is 1.29. The molecule has 0 aliphatic carbocycles. The maximum atomic E-state index is 14.8. The van der Waals surface area contributed by atoms with E-state index < -0.39 is 127 Å². The number of hydrogen-bond donors (Lipinski definition) is 4. The van der Waals surface area contributed by atoms with E-state index in [4.69, 9.17) is 9.47 Å². The second kappa shape index (κ2) is 26.5. The number of benzene rings is 2. The number of carboxylic acids is 1. The second-order valence-corrected chi connectivity index (χ2v) is 23.5. The van der Waals surface area contributed by atoms with Crippen LogP contribution in [0.4, 0.5) is 11.4 Å². The summed E-state index contributed by atoms with van der Waals surface area (Å²) in [6, 6.07) is 9.65. The van der Waals surface area contributed by atoms with Crippen molar-refractivity contribution in [1.82, 2.24) is 20.4 Å². The van der Waals surface area contributed by atoms with Crippen molar-refractivity contribution in [3.8, 4) is 0 Å². The van der Waals surface area contributed by atoms with Crippen LogP contribution in [-0.2, 0) is 59.0 Å². The molecule has 75 heavy (non-hydrogen) atoms. The number of ether oxygens (including phenoxy) is 2. The Kier molecular flexibility index (Phi) is 21.1. The predicted molar refractivity (Wildman–Crippen MR) is 272 cm³/mol. The molecule has 20 nitrogen and oxygen atoms in total. The molecule has 21 heteroatoms. The van der Waals surface area contributed by atoms with Gasteiger partial charge in [-0.3, -0.25) is 4.79 Å². The van der Waals surface area contributed by atoms with Gasteiger partial charge in [0.2, 0.25) is 5.91 Å². The number of likely N-dealkylation sites (tertiary alicyclic amines) is 1. The van der Waals surface area contributed by atoms with E-state index in [0.29, 0.717) is 28.9 Å². The van der Waals surface area contributed by atoms with E-state index in [1.165, 1.54) is 32.4 Å². The Bertz CT molecular complexity index is 2520. The number of alkyl halides is 1. The summed E-state index contributed by atoms with van der Waals surface area (Å²) in [5, 5.41) is 15.6. The number of nitrogens with one attached hydrogen (secondary N) is 3. The molecule has 1 fully saturated rings. The summed E-state index contributed by atoms with van der Waals surface area (Å²) in [5.74, 6) is -7.75. The molecular formula is C54H72IN7O13. The third-order valence-electron chi connectivity index (χ3n) is 14.2. The van der Waals surface area contributed by atoms with Gasteiger partial charge in [0.15, 0.2) is 0 Å². The monoisotopic (exact) mass is 1150 g/mol.